The minimum atomic E-state index is 0.626. The van der Waals surface area contributed by atoms with Crippen molar-refractivity contribution in [3.63, 3.8) is 0 Å². The van der Waals surface area contributed by atoms with Crippen LogP contribution in [0.3, 0.4) is 0 Å². The summed E-state index contributed by atoms with van der Waals surface area (Å²) in [4.78, 5) is 5.55. The molecule has 0 fully saturated rings. The van der Waals surface area contributed by atoms with E-state index in [1.807, 2.05) is 42.6 Å². The van der Waals surface area contributed by atoms with Gasteiger partial charge in [0.15, 0.2) is 0 Å². The minimum Gasteiger partial charge on any atom is -0.439 e. The summed E-state index contributed by atoms with van der Waals surface area (Å²) in [5, 5.41) is 3.35. The average Bonchev–Trinajstić information content (AvgIpc) is 2.50. The van der Waals surface area contributed by atoms with E-state index in [1.165, 1.54) is 10.5 Å². The lowest BCUT2D eigenvalue weighted by atomic mass is 10.3. The summed E-state index contributed by atoms with van der Waals surface area (Å²) in [5.41, 5.74) is 1.17. The van der Waals surface area contributed by atoms with E-state index in [-0.39, 0.29) is 0 Å². The smallest absolute Gasteiger partial charge is 0.219 e. The molecule has 0 unspecified atom stereocenters. The second-order valence-corrected chi connectivity index (χ2v) is 5.34. The number of thioether (sulfide) groups is 1. The van der Waals surface area contributed by atoms with Crippen LogP contribution in [0.5, 0.6) is 11.6 Å². The molecule has 2 aromatic rings. The van der Waals surface area contributed by atoms with Crippen LogP contribution < -0.4 is 10.1 Å². The van der Waals surface area contributed by atoms with E-state index < -0.39 is 0 Å². The fourth-order valence-corrected chi connectivity index (χ4v) is 2.16. The molecule has 0 aliphatic heterocycles. The Morgan fingerprint density at radius 1 is 1.15 bits per heavy atom. The minimum absolute atomic E-state index is 0.626. The molecule has 1 aromatic heterocycles. The standard InChI is InChI=1S/C16H20N2OS/c1-3-10-17-11-13-4-9-16(18-12-13)19-14-5-7-15(20-2)8-6-14/h4-9,12,17H,3,10-11H2,1-2H3. The molecule has 20 heavy (non-hydrogen) atoms. The molecule has 0 aliphatic rings. The molecule has 1 heterocycles. The number of nitrogens with zero attached hydrogens (tertiary/aromatic N) is 1. The summed E-state index contributed by atoms with van der Waals surface area (Å²) in [6.45, 7) is 4.04. The molecule has 1 aromatic carbocycles. The lowest BCUT2D eigenvalue weighted by molar-refractivity contribution is 0.462. The first-order valence-corrected chi connectivity index (χ1v) is 8.02. The van der Waals surface area contributed by atoms with Crippen LogP contribution in [-0.2, 0) is 6.54 Å². The Labute approximate surface area is 124 Å². The second-order valence-electron chi connectivity index (χ2n) is 4.46. The summed E-state index contributed by atoms with van der Waals surface area (Å²) in [6, 6.07) is 12.0. The molecule has 0 saturated heterocycles. The zero-order valence-corrected chi connectivity index (χ0v) is 12.7. The molecular formula is C16H20N2OS. The first-order chi connectivity index (χ1) is 9.81. The Hall–Kier alpha value is -1.52. The Morgan fingerprint density at radius 3 is 2.55 bits per heavy atom. The number of hydrogen-bond donors (Lipinski definition) is 1. The normalized spacial score (nSPS) is 10.5. The summed E-state index contributed by atoms with van der Waals surface area (Å²) in [7, 11) is 0. The molecule has 0 spiro atoms. The largest absolute Gasteiger partial charge is 0.439 e. The van der Waals surface area contributed by atoms with Crippen molar-refractivity contribution in [1.29, 1.82) is 0 Å². The van der Waals surface area contributed by atoms with Crippen molar-refractivity contribution in [2.45, 2.75) is 24.8 Å². The van der Waals surface area contributed by atoms with Crippen LogP contribution in [0.1, 0.15) is 18.9 Å². The third kappa shape index (κ3) is 4.54. The number of aromatic nitrogens is 1. The van der Waals surface area contributed by atoms with Crippen LogP contribution in [0.25, 0.3) is 0 Å². The van der Waals surface area contributed by atoms with Crippen molar-refractivity contribution in [1.82, 2.24) is 10.3 Å². The van der Waals surface area contributed by atoms with Crippen LogP contribution in [0, 0.1) is 0 Å². The lowest BCUT2D eigenvalue weighted by Gasteiger charge is -2.07. The summed E-state index contributed by atoms with van der Waals surface area (Å²) >= 11 is 1.72. The fourth-order valence-electron chi connectivity index (χ4n) is 1.75. The van der Waals surface area contributed by atoms with Crippen molar-refractivity contribution in [2.75, 3.05) is 12.8 Å². The molecule has 0 aliphatic carbocycles. The van der Waals surface area contributed by atoms with Gasteiger partial charge in [-0.3, -0.25) is 0 Å². The molecule has 0 saturated carbocycles. The number of nitrogens with one attached hydrogen (secondary N) is 1. The van der Waals surface area contributed by atoms with Crippen molar-refractivity contribution in [3.05, 3.63) is 48.2 Å². The van der Waals surface area contributed by atoms with Gasteiger partial charge in [0.1, 0.15) is 5.75 Å². The van der Waals surface area contributed by atoms with Gasteiger partial charge in [-0.15, -0.1) is 11.8 Å². The monoisotopic (exact) mass is 288 g/mol. The molecular weight excluding hydrogens is 268 g/mol. The summed E-state index contributed by atoms with van der Waals surface area (Å²) < 4.78 is 5.72. The van der Waals surface area contributed by atoms with Crippen molar-refractivity contribution < 1.29 is 4.74 Å². The second kappa shape index (κ2) is 7.92. The van der Waals surface area contributed by atoms with E-state index in [9.17, 15) is 0 Å². The van der Waals surface area contributed by atoms with Gasteiger partial charge in [0.05, 0.1) is 0 Å². The first-order valence-electron chi connectivity index (χ1n) is 6.79. The molecule has 2 rings (SSSR count). The van der Waals surface area contributed by atoms with Gasteiger partial charge in [-0.1, -0.05) is 13.0 Å². The molecule has 4 heteroatoms. The number of benzene rings is 1. The summed E-state index contributed by atoms with van der Waals surface area (Å²) in [5.74, 6) is 1.44. The van der Waals surface area contributed by atoms with Crippen molar-refractivity contribution in [2.24, 2.45) is 0 Å². The predicted octanol–water partition coefficient (Wildman–Crippen LogP) is 4.10. The Morgan fingerprint density at radius 2 is 1.95 bits per heavy atom. The van der Waals surface area contributed by atoms with Crippen LogP contribution in [0.2, 0.25) is 0 Å². The third-order valence-corrected chi connectivity index (χ3v) is 3.58. The van der Waals surface area contributed by atoms with Gasteiger partial charge < -0.3 is 10.1 Å². The maximum atomic E-state index is 5.72. The Bertz CT molecular complexity index is 511. The van der Waals surface area contributed by atoms with Gasteiger partial charge in [-0.25, -0.2) is 4.98 Å². The van der Waals surface area contributed by atoms with Gasteiger partial charge in [0.25, 0.3) is 0 Å². The van der Waals surface area contributed by atoms with Gasteiger partial charge >= 0.3 is 0 Å². The highest BCUT2D eigenvalue weighted by Gasteiger charge is 2.00. The summed E-state index contributed by atoms with van der Waals surface area (Å²) in [6.07, 6.45) is 5.05. The number of pyridine rings is 1. The van der Waals surface area contributed by atoms with E-state index in [0.29, 0.717) is 5.88 Å². The highest BCUT2D eigenvalue weighted by Crippen LogP contribution is 2.23. The van der Waals surface area contributed by atoms with Crippen LogP contribution >= 0.6 is 11.8 Å². The molecule has 0 atom stereocenters. The molecule has 0 bridgehead atoms. The quantitative estimate of drug-likeness (QED) is 0.614. The first kappa shape index (κ1) is 14.9. The van der Waals surface area contributed by atoms with Gasteiger partial charge in [-0.05, 0) is 49.1 Å². The lowest BCUT2D eigenvalue weighted by Crippen LogP contribution is -2.13. The SMILES string of the molecule is CCCNCc1ccc(Oc2ccc(SC)cc2)nc1. The van der Waals surface area contributed by atoms with E-state index in [0.717, 1.165) is 25.3 Å². The fraction of sp³-hybridized carbons (Fsp3) is 0.312. The Balaban J connectivity index is 1.92. The van der Waals surface area contributed by atoms with Crippen LogP contribution in [0.4, 0.5) is 0 Å². The van der Waals surface area contributed by atoms with Crippen LogP contribution in [-0.4, -0.2) is 17.8 Å². The molecule has 0 radical (unpaired) electrons. The van der Waals surface area contributed by atoms with Gasteiger partial charge in [-0.2, -0.15) is 0 Å². The molecule has 3 nitrogen and oxygen atoms in total. The molecule has 106 valence electrons. The molecule has 1 N–H and O–H groups in total. The zero-order valence-electron chi connectivity index (χ0n) is 11.9. The van der Waals surface area contributed by atoms with Crippen molar-refractivity contribution >= 4 is 11.8 Å². The Kier molecular flexibility index (Phi) is 5.89. The van der Waals surface area contributed by atoms with Gasteiger partial charge in [0.2, 0.25) is 5.88 Å². The zero-order chi connectivity index (χ0) is 14.2. The maximum Gasteiger partial charge on any atom is 0.219 e. The van der Waals surface area contributed by atoms with E-state index in [2.05, 4.69) is 23.5 Å². The maximum absolute atomic E-state index is 5.72. The van der Waals surface area contributed by atoms with Crippen molar-refractivity contribution in [3.8, 4) is 11.6 Å². The number of hydrogen-bond acceptors (Lipinski definition) is 4. The van der Waals surface area contributed by atoms with Gasteiger partial charge in [0, 0.05) is 23.7 Å². The number of rotatable bonds is 7. The van der Waals surface area contributed by atoms with E-state index in [4.69, 9.17) is 4.74 Å². The highest BCUT2D eigenvalue weighted by atomic mass is 32.2. The predicted molar refractivity (Wildman–Crippen MR) is 84.5 cm³/mol. The highest BCUT2D eigenvalue weighted by molar-refractivity contribution is 7.98. The third-order valence-electron chi connectivity index (χ3n) is 2.84. The van der Waals surface area contributed by atoms with Crippen LogP contribution in [0.15, 0.2) is 47.5 Å². The number of ether oxygens (including phenoxy) is 1. The average molecular weight is 288 g/mol. The van der Waals surface area contributed by atoms with E-state index >= 15 is 0 Å². The van der Waals surface area contributed by atoms with E-state index in [1.54, 1.807) is 11.8 Å². The topological polar surface area (TPSA) is 34.1 Å². The molecule has 0 amide bonds.